The van der Waals surface area contributed by atoms with Crippen molar-refractivity contribution in [1.82, 2.24) is 14.5 Å². The first-order valence-electron chi connectivity index (χ1n) is 12.5. The average Bonchev–Trinajstić information content (AvgIpc) is 3.28. The summed E-state index contributed by atoms with van der Waals surface area (Å²) in [6, 6.07) is 21.2. The summed E-state index contributed by atoms with van der Waals surface area (Å²) >= 11 is 0. The lowest BCUT2D eigenvalue weighted by atomic mass is 10.1. The van der Waals surface area contributed by atoms with Crippen LogP contribution in [0.4, 0.5) is 5.82 Å². The van der Waals surface area contributed by atoms with E-state index in [-0.39, 0.29) is 30.9 Å². The summed E-state index contributed by atoms with van der Waals surface area (Å²) in [5, 5.41) is 1.23. The number of halogens is 2. The Morgan fingerprint density at radius 1 is 0.973 bits per heavy atom. The molecule has 1 saturated heterocycles. The number of hydrogen-bond acceptors (Lipinski definition) is 5. The van der Waals surface area contributed by atoms with E-state index in [1.165, 1.54) is 27.7 Å². The van der Waals surface area contributed by atoms with Crippen molar-refractivity contribution in [3.63, 3.8) is 0 Å². The normalized spacial score (nSPS) is 17.0. The highest BCUT2D eigenvalue weighted by atomic mass is 35.5. The Kier molecular flexibility index (Phi) is 8.53. The van der Waals surface area contributed by atoms with Gasteiger partial charge in [0.25, 0.3) is 0 Å². The maximum atomic E-state index is 6.50. The fraction of sp³-hybridized carbons (Fsp3) is 0.345. The zero-order chi connectivity index (χ0) is 23.8. The van der Waals surface area contributed by atoms with Crippen LogP contribution in [0.25, 0.3) is 22.2 Å². The maximum absolute atomic E-state index is 6.50. The van der Waals surface area contributed by atoms with Crippen LogP contribution in [-0.4, -0.2) is 60.4 Å². The van der Waals surface area contributed by atoms with E-state index in [2.05, 4.69) is 74.8 Å². The third kappa shape index (κ3) is 5.52. The van der Waals surface area contributed by atoms with Crippen molar-refractivity contribution < 1.29 is 9.47 Å². The third-order valence-corrected chi connectivity index (χ3v) is 7.31. The van der Waals surface area contributed by atoms with Crippen LogP contribution in [0.5, 0.6) is 11.5 Å². The summed E-state index contributed by atoms with van der Waals surface area (Å²) in [5.74, 6) is 2.97. The molecule has 0 aliphatic carbocycles. The number of rotatable bonds is 6. The number of pyridine rings is 1. The molecule has 1 unspecified atom stereocenters. The Balaban J connectivity index is 0.00000160. The number of methoxy groups -OCH3 is 1. The molecule has 4 heterocycles. The van der Waals surface area contributed by atoms with Crippen LogP contribution < -0.4 is 14.4 Å². The van der Waals surface area contributed by atoms with Gasteiger partial charge in [-0.25, -0.2) is 4.98 Å². The highest BCUT2D eigenvalue weighted by Gasteiger charge is 2.26. The second-order valence-corrected chi connectivity index (χ2v) is 9.61. The molecule has 0 N–H and O–H groups in total. The molecule has 0 bridgehead atoms. The van der Waals surface area contributed by atoms with Crippen molar-refractivity contribution in [2.45, 2.75) is 26.0 Å². The molecule has 196 valence electrons. The van der Waals surface area contributed by atoms with Gasteiger partial charge in [0.05, 0.1) is 19.2 Å². The number of piperazine rings is 1. The van der Waals surface area contributed by atoms with Crippen LogP contribution in [-0.2, 0) is 6.54 Å². The van der Waals surface area contributed by atoms with Gasteiger partial charge in [-0.1, -0.05) is 12.1 Å². The second kappa shape index (κ2) is 11.6. The Morgan fingerprint density at radius 3 is 2.49 bits per heavy atom. The molecule has 2 aliphatic heterocycles. The Hall–Kier alpha value is -2.93. The third-order valence-electron chi connectivity index (χ3n) is 7.31. The lowest BCUT2D eigenvalue weighted by molar-refractivity contribution is 0.137. The van der Waals surface area contributed by atoms with E-state index in [4.69, 9.17) is 9.47 Å². The van der Waals surface area contributed by atoms with Crippen LogP contribution in [0.15, 0.2) is 66.9 Å². The molecule has 2 aromatic heterocycles. The number of para-hydroxylation sites is 1. The summed E-state index contributed by atoms with van der Waals surface area (Å²) < 4.78 is 14.3. The monoisotopic (exact) mass is 540 g/mol. The molecule has 8 heteroatoms. The van der Waals surface area contributed by atoms with Crippen LogP contribution >= 0.6 is 24.8 Å². The zero-order valence-electron chi connectivity index (χ0n) is 21.3. The summed E-state index contributed by atoms with van der Waals surface area (Å²) in [5.41, 5.74) is 4.91. The minimum absolute atomic E-state index is 0. The standard InChI is InChI=1S/C29H32N4O2.2ClH/c1-21-10-12-30-28(18-21)32-16-14-31(15-17-32)13-11-25-20-33-26(22-6-8-24(34-2)9-7-22)19-23-4-3-5-27(35-25)29(23)33;;/h3-10,12,18-19,25H,11,13-17,20H2,1-2H3;2*1H. The van der Waals surface area contributed by atoms with Gasteiger partial charge in [0.15, 0.2) is 0 Å². The topological polar surface area (TPSA) is 42.8 Å². The maximum Gasteiger partial charge on any atom is 0.144 e. The van der Waals surface area contributed by atoms with Gasteiger partial charge >= 0.3 is 0 Å². The first-order chi connectivity index (χ1) is 17.2. The van der Waals surface area contributed by atoms with Gasteiger partial charge < -0.3 is 18.9 Å². The lowest BCUT2D eigenvalue weighted by Crippen LogP contribution is -2.47. The average molecular weight is 542 g/mol. The van der Waals surface area contributed by atoms with Gasteiger partial charge in [-0.2, -0.15) is 0 Å². The molecule has 2 aromatic carbocycles. The fourth-order valence-corrected chi connectivity index (χ4v) is 5.37. The van der Waals surface area contributed by atoms with Gasteiger partial charge in [0.1, 0.15) is 23.4 Å². The quantitative estimate of drug-likeness (QED) is 0.307. The predicted molar refractivity (Wildman–Crippen MR) is 155 cm³/mol. The van der Waals surface area contributed by atoms with Gasteiger partial charge in [-0.3, -0.25) is 4.90 Å². The van der Waals surface area contributed by atoms with Gasteiger partial charge in [0.2, 0.25) is 0 Å². The minimum Gasteiger partial charge on any atom is -0.497 e. The molecular formula is C29H34Cl2N4O2. The summed E-state index contributed by atoms with van der Waals surface area (Å²) in [7, 11) is 1.71. The van der Waals surface area contributed by atoms with E-state index in [0.29, 0.717) is 0 Å². The van der Waals surface area contributed by atoms with Gasteiger partial charge in [-0.05, 0) is 73.0 Å². The molecule has 2 aliphatic rings. The number of aromatic nitrogens is 2. The molecule has 37 heavy (non-hydrogen) atoms. The van der Waals surface area contributed by atoms with Crippen molar-refractivity contribution in [2.75, 3.05) is 44.7 Å². The Labute approximate surface area is 231 Å². The lowest BCUT2D eigenvalue weighted by Gasteiger charge is -2.36. The molecule has 1 fully saturated rings. The summed E-state index contributed by atoms with van der Waals surface area (Å²) in [4.78, 5) is 9.52. The molecule has 0 saturated carbocycles. The molecule has 0 radical (unpaired) electrons. The van der Waals surface area contributed by atoms with E-state index >= 15 is 0 Å². The molecular weight excluding hydrogens is 507 g/mol. The highest BCUT2D eigenvalue weighted by molar-refractivity contribution is 5.92. The van der Waals surface area contributed by atoms with Crippen LogP contribution in [0.1, 0.15) is 12.0 Å². The van der Waals surface area contributed by atoms with Crippen molar-refractivity contribution in [3.05, 3.63) is 72.4 Å². The predicted octanol–water partition coefficient (Wildman–Crippen LogP) is 5.84. The summed E-state index contributed by atoms with van der Waals surface area (Å²) in [6.45, 7) is 8.20. The van der Waals surface area contributed by atoms with Crippen molar-refractivity contribution in [3.8, 4) is 22.8 Å². The van der Waals surface area contributed by atoms with E-state index in [1.807, 2.05) is 18.3 Å². The van der Waals surface area contributed by atoms with Gasteiger partial charge in [-0.15, -0.1) is 24.8 Å². The SMILES string of the molecule is COc1ccc(-c2cc3cccc4c3n2CC(CCN2CCN(c3cc(C)ccn3)CC2)O4)cc1.Cl.Cl. The smallest absolute Gasteiger partial charge is 0.144 e. The first-order valence-corrected chi connectivity index (χ1v) is 12.5. The van der Waals surface area contributed by atoms with Crippen molar-refractivity contribution in [2.24, 2.45) is 0 Å². The van der Waals surface area contributed by atoms with E-state index in [1.54, 1.807) is 7.11 Å². The zero-order valence-corrected chi connectivity index (χ0v) is 22.9. The van der Waals surface area contributed by atoms with E-state index in [9.17, 15) is 0 Å². The molecule has 1 atom stereocenters. The highest BCUT2D eigenvalue weighted by Crippen LogP contribution is 2.38. The van der Waals surface area contributed by atoms with Crippen LogP contribution in [0.3, 0.4) is 0 Å². The molecule has 6 rings (SSSR count). The van der Waals surface area contributed by atoms with Crippen molar-refractivity contribution >= 4 is 41.5 Å². The molecule has 0 spiro atoms. The van der Waals surface area contributed by atoms with E-state index < -0.39 is 0 Å². The fourth-order valence-electron chi connectivity index (χ4n) is 5.37. The number of anilines is 1. The van der Waals surface area contributed by atoms with Gasteiger partial charge in [0, 0.05) is 50.0 Å². The summed E-state index contributed by atoms with van der Waals surface area (Å²) in [6.07, 6.45) is 3.08. The first kappa shape index (κ1) is 27.1. The number of ether oxygens (including phenoxy) is 2. The van der Waals surface area contributed by atoms with Crippen LogP contribution in [0.2, 0.25) is 0 Å². The number of benzene rings is 2. The Morgan fingerprint density at radius 2 is 1.76 bits per heavy atom. The number of aryl methyl sites for hydroxylation is 1. The molecule has 6 nitrogen and oxygen atoms in total. The number of nitrogens with zero attached hydrogens (tertiary/aromatic N) is 4. The number of hydrogen-bond donors (Lipinski definition) is 0. The largest absolute Gasteiger partial charge is 0.497 e. The second-order valence-electron chi connectivity index (χ2n) is 9.61. The van der Waals surface area contributed by atoms with Crippen LogP contribution in [0, 0.1) is 6.92 Å². The minimum atomic E-state index is 0. The van der Waals surface area contributed by atoms with E-state index in [0.717, 1.165) is 63.0 Å². The molecule has 4 aromatic rings. The Bertz CT molecular complexity index is 1330. The van der Waals surface area contributed by atoms with Crippen molar-refractivity contribution in [1.29, 1.82) is 0 Å². The molecule has 0 amide bonds.